The molecule has 10 aromatic carbocycles. The molecule has 0 aromatic heterocycles. The van der Waals surface area contributed by atoms with Gasteiger partial charge in [-0.25, -0.2) is 9.98 Å². The van der Waals surface area contributed by atoms with Crippen LogP contribution in [0.3, 0.4) is 0 Å². The van der Waals surface area contributed by atoms with Gasteiger partial charge < -0.3 is 5.32 Å². The molecule has 3 heteroatoms. The zero-order valence-electron chi connectivity index (χ0n) is 29.4. The van der Waals surface area contributed by atoms with Crippen molar-refractivity contribution in [3.05, 3.63) is 205 Å². The normalized spacial score (nSPS) is 14.5. The lowest BCUT2D eigenvalue weighted by atomic mass is 9.87. The summed E-state index contributed by atoms with van der Waals surface area (Å²) in [6, 6.07) is 67.5. The Labute approximate surface area is 312 Å². The van der Waals surface area contributed by atoms with E-state index in [0.29, 0.717) is 5.84 Å². The molecule has 0 saturated heterocycles. The van der Waals surface area contributed by atoms with Crippen LogP contribution in [-0.2, 0) is 0 Å². The Morgan fingerprint density at radius 1 is 0.352 bits per heavy atom. The number of benzene rings is 10. The van der Waals surface area contributed by atoms with E-state index in [0.717, 1.165) is 39.0 Å². The van der Waals surface area contributed by atoms with Crippen LogP contribution >= 0.6 is 0 Å². The Bertz CT molecular complexity index is 3110. The van der Waals surface area contributed by atoms with Crippen molar-refractivity contribution in [3.8, 4) is 22.3 Å². The van der Waals surface area contributed by atoms with E-state index in [1.165, 1.54) is 59.6 Å². The van der Waals surface area contributed by atoms with Crippen molar-refractivity contribution < 1.29 is 0 Å². The molecule has 1 atom stereocenters. The largest absolute Gasteiger partial charge is 0.344 e. The Hall–Kier alpha value is -7.10. The molecule has 1 aliphatic rings. The van der Waals surface area contributed by atoms with Gasteiger partial charge in [0.1, 0.15) is 12.0 Å². The van der Waals surface area contributed by atoms with E-state index in [-0.39, 0.29) is 6.17 Å². The average Bonchev–Trinajstić information content (AvgIpc) is 3.25. The molecule has 0 amide bonds. The van der Waals surface area contributed by atoms with Gasteiger partial charge in [0.15, 0.2) is 5.84 Å². The minimum absolute atomic E-state index is 0.384. The Morgan fingerprint density at radius 3 is 1.65 bits per heavy atom. The molecule has 0 aliphatic carbocycles. The maximum absolute atomic E-state index is 5.51. The topological polar surface area (TPSA) is 36.8 Å². The van der Waals surface area contributed by atoms with E-state index in [9.17, 15) is 0 Å². The van der Waals surface area contributed by atoms with Crippen molar-refractivity contribution in [3.63, 3.8) is 0 Å². The van der Waals surface area contributed by atoms with Crippen LogP contribution in [0.5, 0.6) is 0 Å². The summed E-state index contributed by atoms with van der Waals surface area (Å²) in [5.74, 6) is 1.51. The second-order valence-corrected chi connectivity index (χ2v) is 14.1. The molecular weight excluding hydrogens is 655 g/mol. The predicted octanol–water partition coefficient (Wildman–Crippen LogP) is 12.7. The maximum Gasteiger partial charge on any atom is 0.160 e. The minimum Gasteiger partial charge on any atom is -0.344 e. The minimum atomic E-state index is -0.384. The molecule has 0 bridgehead atoms. The van der Waals surface area contributed by atoms with Gasteiger partial charge in [0.2, 0.25) is 0 Å². The van der Waals surface area contributed by atoms with Crippen LogP contribution in [0.25, 0.3) is 76.1 Å². The summed E-state index contributed by atoms with van der Waals surface area (Å²) in [6.07, 6.45) is -0.384. The molecular formula is C51H33N3. The first-order chi connectivity index (χ1) is 26.8. The molecule has 11 rings (SSSR count). The summed E-state index contributed by atoms with van der Waals surface area (Å²) in [4.78, 5) is 10.8. The van der Waals surface area contributed by atoms with E-state index in [1.807, 2.05) is 6.07 Å². The van der Waals surface area contributed by atoms with Crippen LogP contribution in [0.1, 0.15) is 22.9 Å². The number of nitrogens with zero attached hydrogens (tertiary/aromatic N) is 2. The average molecular weight is 688 g/mol. The number of rotatable bonds is 5. The smallest absolute Gasteiger partial charge is 0.160 e. The van der Waals surface area contributed by atoms with Gasteiger partial charge in [-0.05, 0) is 82.2 Å². The van der Waals surface area contributed by atoms with Gasteiger partial charge in [-0.1, -0.05) is 182 Å². The second-order valence-electron chi connectivity index (χ2n) is 14.1. The van der Waals surface area contributed by atoms with E-state index in [4.69, 9.17) is 9.98 Å². The van der Waals surface area contributed by atoms with E-state index >= 15 is 0 Å². The maximum atomic E-state index is 5.51. The van der Waals surface area contributed by atoms with Gasteiger partial charge in [0.05, 0.1) is 0 Å². The van der Waals surface area contributed by atoms with Gasteiger partial charge in [0, 0.05) is 16.7 Å². The number of fused-ring (bicyclic) bond motifs is 2. The fourth-order valence-corrected chi connectivity index (χ4v) is 8.62. The van der Waals surface area contributed by atoms with Crippen molar-refractivity contribution in [1.82, 2.24) is 5.32 Å². The number of nitrogens with one attached hydrogen (secondary N) is 1. The molecule has 0 saturated carbocycles. The van der Waals surface area contributed by atoms with Crippen LogP contribution in [-0.4, -0.2) is 11.7 Å². The van der Waals surface area contributed by atoms with Crippen LogP contribution in [0.4, 0.5) is 0 Å². The third kappa shape index (κ3) is 4.83. The summed E-state index contributed by atoms with van der Waals surface area (Å²) in [6.45, 7) is 0. The molecule has 1 aliphatic heterocycles. The van der Waals surface area contributed by atoms with Crippen LogP contribution < -0.4 is 5.32 Å². The molecule has 54 heavy (non-hydrogen) atoms. The number of aliphatic imine (C=N–C) groups is 2. The van der Waals surface area contributed by atoms with Gasteiger partial charge in [-0.3, -0.25) is 0 Å². The third-order valence-corrected chi connectivity index (χ3v) is 11.1. The summed E-state index contributed by atoms with van der Waals surface area (Å²) >= 11 is 0. The zero-order valence-corrected chi connectivity index (χ0v) is 29.4. The molecule has 252 valence electrons. The third-order valence-electron chi connectivity index (χ3n) is 11.1. The highest BCUT2D eigenvalue weighted by atomic mass is 15.2. The summed E-state index contributed by atoms with van der Waals surface area (Å²) < 4.78 is 0. The first kappa shape index (κ1) is 30.5. The van der Waals surface area contributed by atoms with Crippen LogP contribution in [0.2, 0.25) is 0 Å². The first-order valence-electron chi connectivity index (χ1n) is 18.5. The lowest BCUT2D eigenvalue weighted by molar-refractivity contribution is 0.681. The fourth-order valence-electron chi connectivity index (χ4n) is 8.62. The zero-order chi connectivity index (χ0) is 35.6. The van der Waals surface area contributed by atoms with Crippen LogP contribution in [0, 0.1) is 0 Å². The monoisotopic (exact) mass is 687 g/mol. The van der Waals surface area contributed by atoms with E-state index < -0.39 is 0 Å². The Kier molecular flexibility index (Phi) is 6.93. The predicted molar refractivity (Wildman–Crippen MR) is 228 cm³/mol. The fraction of sp³-hybridized carbons (Fsp3) is 0.0196. The molecule has 1 heterocycles. The molecule has 3 nitrogen and oxygen atoms in total. The van der Waals surface area contributed by atoms with E-state index in [1.54, 1.807) is 0 Å². The van der Waals surface area contributed by atoms with Crippen molar-refractivity contribution in [2.75, 3.05) is 0 Å². The first-order valence-corrected chi connectivity index (χ1v) is 18.5. The lowest BCUT2D eigenvalue weighted by Crippen LogP contribution is -2.34. The van der Waals surface area contributed by atoms with Crippen molar-refractivity contribution in [2.45, 2.75) is 6.17 Å². The molecule has 10 aromatic rings. The van der Waals surface area contributed by atoms with Crippen LogP contribution in [0.15, 0.2) is 198 Å². The standard InChI is InChI=1S/C51H33N3/c1-3-12-32(13-4-1)39-27-24-33-14-7-8-19-38(33)48(39)51-53-49(37-15-5-2-6-16-37)52-50(54-51)45-31-30-42(40-20-9-10-21-41(40)45)43-28-25-36-23-22-34-17-11-18-35-26-29-44(43)47(36)46(34)35/h1-31,51H,(H,52,53,54). The van der Waals surface area contributed by atoms with Crippen molar-refractivity contribution in [2.24, 2.45) is 9.98 Å². The SMILES string of the molecule is c1ccc(C2=NC(c3ccc(-c4ccc5ccc6cccc7ccc4c5c67)c4ccccc34)=NC(c3c(-c4ccccc4)ccc4ccccc34)N2)cc1. The molecule has 0 radical (unpaired) electrons. The summed E-state index contributed by atoms with van der Waals surface area (Å²) in [7, 11) is 0. The molecule has 1 unspecified atom stereocenters. The highest BCUT2D eigenvalue weighted by molar-refractivity contribution is 6.27. The molecule has 1 N–H and O–H groups in total. The van der Waals surface area contributed by atoms with Crippen molar-refractivity contribution >= 4 is 65.5 Å². The molecule has 0 spiro atoms. The Morgan fingerprint density at radius 2 is 0.870 bits per heavy atom. The van der Waals surface area contributed by atoms with Gasteiger partial charge in [-0.15, -0.1) is 0 Å². The van der Waals surface area contributed by atoms with Gasteiger partial charge >= 0.3 is 0 Å². The van der Waals surface area contributed by atoms with Crippen molar-refractivity contribution in [1.29, 1.82) is 0 Å². The molecule has 0 fully saturated rings. The quantitative estimate of drug-likeness (QED) is 0.180. The number of amidine groups is 2. The summed E-state index contributed by atoms with van der Waals surface area (Å²) in [5, 5.41) is 16.2. The number of hydrogen-bond donors (Lipinski definition) is 1. The summed E-state index contributed by atoms with van der Waals surface area (Å²) in [5.41, 5.74) is 7.90. The highest BCUT2D eigenvalue weighted by Crippen LogP contribution is 2.42. The van der Waals surface area contributed by atoms with Gasteiger partial charge in [-0.2, -0.15) is 0 Å². The lowest BCUT2D eigenvalue weighted by Gasteiger charge is -2.27. The van der Waals surface area contributed by atoms with E-state index in [2.05, 4.69) is 187 Å². The number of hydrogen-bond acceptors (Lipinski definition) is 3. The second kappa shape index (κ2) is 12.3. The Balaban J connectivity index is 1.14. The van der Waals surface area contributed by atoms with Gasteiger partial charge in [0.25, 0.3) is 0 Å². The highest BCUT2D eigenvalue weighted by Gasteiger charge is 2.26.